The average Bonchev–Trinajstić information content (AvgIpc) is 2.07. The molecule has 0 aromatic heterocycles. The summed E-state index contributed by atoms with van der Waals surface area (Å²) in [6.07, 6.45) is 0. The van der Waals surface area contributed by atoms with Gasteiger partial charge in [0.2, 0.25) is 0 Å². The Hall–Kier alpha value is -0.560. The zero-order valence-corrected chi connectivity index (χ0v) is 9.01. The number of benzene rings is 1. The first-order chi connectivity index (χ1) is 5.75. The van der Waals surface area contributed by atoms with Crippen LogP contribution in [0, 0.1) is 5.92 Å². The van der Waals surface area contributed by atoms with E-state index in [0.717, 1.165) is 0 Å². The van der Waals surface area contributed by atoms with E-state index in [1.54, 1.807) is 0 Å². The molecule has 1 rings (SSSR count). The maximum Gasteiger partial charge on any atom is -0.0148 e. The third-order valence-electron chi connectivity index (χ3n) is 1.85. The predicted octanol–water partition coefficient (Wildman–Crippen LogP) is 4.08. The van der Waals surface area contributed by atoms with Gasteiger partial charge in [0.25, 0.3) is 0 Å². The van der Waals surface area contributed by atoms with E-state index in [1.165, 1.54) is 11.1 Å². The van der Waals surface area contributed by atoms with Gasteiger partial charge in [-0.3, -0.25) is 0 Å². The van der Waals surface area contributed by atoms with Crippen LogP contribution in [0.25, 0.3) is 5.57 Å². The molecule has 0 aliphatic heterocycles. The first-order valence-electron chi connectivity index (χ1n) is 4.11. The maximum atomic E-state index is 3.39. The molecule has 0 atom stereocenters. The van der Waals surface area contributed by atoms with E-state index in [2.05, 4.69) is 54.0 Å². The van der Waals surface area contributed by atoms with Crippen molar-refractivity contribution in [2.45, 2.75) is 13.8 Å². The summed E-state index contributed by atoms with van der Waals surface area (Å²) in [5.74, 6) is 0.562. The SMILES string of the molecule is CC(C)C(=CBr)c1ccccc1. The molecule has 1 aromatic carbocycles. The Labute approximate surface area is 82.4 Å². The van der Waals surface area contributed by atoms with Crippen molar-refractivity contribution in [1.82, 2.24) is 0 Å². The van der Waals surface area contributed by atoms with Crippen molar-refractivity contribution in [2.75, 3.05) is 0 Å². The lowest BCUT2D eigenvalue weighted by molar-refractivity contribution is 0.857. The second kappa shape index (κ2) is 4.46. The van der Waals surface area contributed by atoms with Crippen LogP contribution in [0.4, 0.5) is 0 Å². The number of allylic oxidation sites excluding steroid dienone is 1. The first-order valence-corrected chi connectivity index (χ1v) is 5.03. The third-order valence-corrected chi connectivity index (χ3v) is 2.34. The van der Waals surface area contributed by atoms with Crippen LogP contribution in [0.5, 0.6) is 0 Å². The molecule has 0 amide bonds. The van der Waals surface area contributed by atoms with Crippen LogP contribution >= 0.6 is 15.9 Å². The summed E-state index contributed by atoms with van der Waals surface area (Å²) in [7, 11) is 0. The van der Waals surface area contributed by atoms with E-state index in [-0.39, 0.29) is 0 Å². The summed E-state index contributed by atoms with van der Waals surface area (Å²) in [5, 5.41) is 0. The van der Waals surface area contributed by atoms with Gasteiger partial charge in [-0.15, -0.1) is 0 Å². The molecule has 0 radical (unpaired) electrons. The minimum absolute atomic E-state index is 0.562. The minimum Gasteiger partial charge on any atom is -0.0622 e. The molecule has 0 saturated heterocycles. The number of hydrogen-bond acceptors (Lipinski definition) is 0. The molecule has 0 spiro atoms. The Morgan fingerprint density at radius 2 is 1.83 bits per heavy atom. The van der Waals surface area contributed by atoms with E-state index >= 15 is 0 Å². The van der Waals surface area contributed by atoms with Crippen LogP contribution in [0.15, 0.2) is 35.3 Å². The molecule has 0 aliphatic rings. The summed E-state index contributed by atoms with van der Waals surface area (Å²) in [6.45, 7) is 4.39. The fourth-order valence-corrected chi connectivity index (χ4v) is 1.95. The van der Waals surface area contributed by atoms with E-state index in [4.69, 9.17) is 0 Å². The van der Waals surface area contributed by atoms with Crippen LogP contribution in [0.2, 0.25) is 0 Å². The van der Waals surface area contributed by atoms with Crippen LogP contribution in [-0.2, 0) is 0 Å². The lowest BCUT2D eigenvalue weighted by atomic mass is 9.97. The summed E-state index contributed by atoms with van der Waals surface area (Å²) < 4.78 is 0. The van der Waals surface area contributed by atoms with Gasteiger partial charge in [0.1, 0.15) is 0 Å². The highest BCUT2D eigenvalue weighted by Gasteiger charge is 2.03. The molecule has 64 valence electrons. The molecular formula is C11H13Br. The zero-order chi connectivity index (χ0) is 8.97. The van der Waals surface area contributed by atoms with Gasteiger partial charge in [-0.1, -0.05) is 60.1 Å². The molecule has 1 aromatic rings. The van der Waals surface area contributed by atoms with Gasteiger partial charge in [0, 0.05) is 0 Å². The highest BCUT2D eigenvalue weighted by atomic mass is 79.9. The molecule has 0 heterocycles. The van der Waals surface area contributed by atoms with Gasteiger partial charge in [-0.25, -0.2) is 0 Å². The monoisotopic (exact) mass is 224 g/mol. The van der Waals surface area contributed by atoms with Gasteiger partial charge in [0.15, 0.2) is 0 Å². The first kappa shape index (κ1) is 9.53. The second-order valence-electron chi connectivity index (χ2n) is 3.09. The summed E-state index contributed by atoms with van der Waals surface area (Å²) in [4.78, 5) is 2.01. The van der Waals surface area contributed by atoms with Crippen molar-refractivity contribution in [3.8, 4) is 0 Å². The molecule has 0 aliphatic carbocycles. The van der Waals surface area contributed by atoms with Crippen molar-refractivity contribution in [3.05, 3.63) is 40.9 Å². The van der Waals surface area contributed by atoms with E-state index in [1.807, 2.05) is 11.1 Å². The summed E-state index contributed by atoms with van der Waals surface area (Å²) in [5.41, 5.74) is 2.64. The zero-order valence-electron chi connectivity index (χ0n) is 7.42. The molecule has 0 fully saturated rings. The van der Waals surface area contributed by atoms with Gasteiger partial charge >= 0.3 is 0 Å². The molecule has 12 heavy (non-hydrogen) atoms. The highest BCUT2D eigenvalue weighted by Crippen LogP contribution is 2.23. The number of halogens is 1. The Morgan fingerprint density at radius 3 is 2.25 bits per heavy atom. The van der Waals surface area contributed by atoms with Crippen molar-refractivity contribution < 1.29 is 0 Å². The third kappa shape index (κ3) is 2.21. The second-order valence-corrected chi connectivity index (χ2v) is 3.54. The Balaban J connectivity index is 2.97. The fourth-order valence-electron chi connectivity index (χ4n) is 1.15. The van der Waals surface area contributed by atoms with E-state index < -0.39 is 0 Å². The molecule has 0 bridgehead atoms. The normalized spacial score (nSPS) is 12.2. The smallest absolute Gasteiger partial charge is 0.0148 e. The van der Waals surface area contributed by atoms with E-state index in [0.29, 0.717) is 5.92 Å². The maximum absolute atomic E-state index is 3.39. The van der Waals surface area contributed by atoms with Crippen LogP contribution in [0.3, 0.4) is 0 Å². The fraction of sp³-hybridized carbons (Fsp3) is 0.273. The molecular weight excluding hydrogens is 212 g/mol. The van der Waals surface area contributed by atoms with Crippen LogP contribution in [-0.4, -0.2) is 0 Å². The lowest BCUT2D eigenvalue weighted by Crippen LogP contribution is -1.91. The number of hydrogen-bond donors (Lipinski definition) is 0. The van der Waals surface area contributed by atoms with Crippen molar-refractivity contribution in [1.29, 1.82) is 0 Å². The van der Waals surface area contributed by atoms with Crippen molar-refractivity contribution in [3.63, 3.8) is 0 Å². The Morgan fingerprint density at radius 1 is 1.25 bits per heavy atom. The van der Waals surface area contributed by atoms with Gasteiger partial charge in [-0.05, 0) is 22.0 Å². The molecule has 0 saturated carbocycles. The van der Waals surface area contributed by atoms with Crippen molar-refractivity contribution in [2.24, 2.45) is 5.92 Å². The minimum atomic E-state index is 0.562. The topological polar surface area (TPSA) is 0 Å². The average molecular weight is 225 g/mol. The molecule has 1 heteroatoms. The number of rotatable bonds is 2. The summed E-state index contributed by atoms with van der Waals surface area (Å²) in [6, 6.07) is 10.4. The van der Waals surface area contributed by atoms with E-state index in [9.17, 15) is 0 Å². The quantitative estimate of drug-likeness (QED) is 0.711. The molecule has 0 N–H and O–H groups in total. The van der Waals surface area contributed by atoms with Crippen LogP contribution < -0.4 is 0 Å². The Bertz CT molecular complexity index is 260. The van der Waals surface area contributed by atoms with Crippen molar-refractivity contribution >= 4 is 21.5 Å². The van der Waals surface area contributed by atoms with Gasteiger partial charge in [0.05, 0.1) is 0 Å². The largest absolute Gasteiger partial charge is 0.0622 e. The molecule has 0 unspecified atom stereocenters. The standard InChI is InChI=1S/C11H13Br/c1-9(2)11(8-12)10-6-4-3-5-7-10/h3-9H,1-2H3. The Kier molecular flexibility index (Phi) is 3.54. The lowest BCUT2D eigenvalue weighted by Gasteiger charge is -2.09. The molecule has 0 nitrogen and oxygen atoms in total. The predicted molar refractivity (Wildman–Crippen MR) is 58.2 cm³/mol. The van der Waals surface area contributed by atoms with Gasteiger partial charge in [-0.2, -0.15) is 0 Å². The highest BCUT2D eigenvalue weighted by molar-refractivity contribution is 9.11. The summed E-state index contributed by atoms with van der Waals surface area (Å²) >= 11 is 3.39. The van der Waals surface area contributed by atoms with Gasteiger partial charge < -0.3 is 0 Å². The van der Waals surface area contributed by atoms with Crippen LogP contribution in [0.1, 0.15) is 19.4 Å².